The van der Waals surface area contributed by atoms with Crippen LogP contribution in [-0.2, 0) is 0 Å². The minimum atomic E-state index is 0.635. The lowest BCUT2D eigenvalue weighted by atomic mass is 10.4. The Morgan fingerprint density at radius 1 is 1.16 bits per heavy atom. The van der Waals surface area contributed by atoms with E-state index >= 15 is 0 Å². The van der Waals surface area contributed by atoms with Crippen molar-refractivity contribution in [2.24, 2.45) is 0 Å². The van der Waals surface area contributed by atoms with Crippen LogP contribution in [-0.4, -0.2) is 47.2 Å². The molecule has 0 saturated carbocycles. The van der Waals surface area contributed by atoms with E-state index in [0.717, 1.165) is 24.7 Å². The Bertz CT molecular complexity index is 524. The minimum Gasteiger partial charge on any atom is -0.369 e. The first-order valence-electron chi connectivity index (χ1n) is 6.04. The molecule has 0 aliphatic carbocycles. The summed E-state index contributed by atoms with van der Waals surface area (Å²) < 4.78 is 4.98. The molecule has 0 radical (unpaired) electrons. The molecule has 102 valence electrons. The van der Waals surface area contributed by atoms with Gasteiger partial charge in [-0.3, -0.25) is 0 Å². The first kappa shape index (κ1) is 13.3. The predicted molar refractivity (Wildman–Crippen MR) is 73.6 cm³/mol. The van der Waals surface area contributed by atoms with Gasteiger partial charge in [0.05, 0.1) is 0 Å². The number of likely N-dealkylation sites (N-methyl/N-ethyl adjacent to an activating group) is 1. The molecule has 0 fully saturated rings. The fourth-order valence-corrected chi connectivity index (χ4v) is 1.49. The molecule has 2 N–H and O–H groups in total. The van der Waals surface area contributed by atoms with E-state index in [1.807, 2.05) is 27.1 Å². The maximum absolute atomic E-state index is 4.98. The zero-order chi connectivity index (χ0) is 13.7. The minimum absolute atomic E-state index is 0.635. The van der Waals surface area contributed by atoms with E-state index in [4.69, 9.17) is 4.52 Å². The second kappa shape index (κ2) is 6.14. The van der Waals surface area contributed by atoms with Crippen LogP contribution in [0.25, 0.3) is 0 Å². The quantitative estimate of drug-likeness (QED) is 0.816. The van der Waals surface area contributed by atoms with Crippen LogP contribution in [0.1, 0.15) is 5.76 Å². The van der Waals surface area contributed by atoms with Gasteiger partial charge in [0.25, 0.3) is 0 Å². The van der Waals surface area contributed by atoms with E-state index in [9.17, 15) is 0 Å². The lowest BCUT2D eigenvalue weighted by Gasteiger charge is -2.11. The lowest BCUT2D eigenvalue weighted by Crippen LogP contribution is -2.21. The lowest BCUT2D eigenvalue weighted by molar-refractivity contribution is 0.400. The standard InChI is InChI=1S/C12H18N6O/c1-9-6-12(17-19-9)16-11-7-10(14-8-15-11)13-4-5-18(2)3/h6-8H,4-5H2,1-3H3,(H2,13,14,15,16,17). The van der Waals surface area contributed by atoms with Crippen LogP contribution >= 0.6 is 0 Å². The van der Waals surface area contributed by atoms with Gasteiger partial charge in [-0.1, -0.05) is 5.16 Å². The largest absolute Gasteiger partial charge is 0.369 e. The Labute approximate surface area is 112 Å². The SMILES string of the molecule is Cc1cc(Nc2cc(NCCN(C)C)ncn2)no1. The maximum Gasteiger partial charge on any atom is 0.175 e. The summed E-state index contributed by atoms with van der Waals surface area (Å²) in [7, 11) is 4.06. The molecule has 19 heavy (non-hydrogen) atoms. The fraction of sp³-hybridized carbons (Fsp3) is 0.417. The number of nitrogens with zero attached hydrogens (tertiary/aromatic N) is 4. The summed E-state index contributed by atoms with van der Waals surface area (Å²) in [5.74, 6) is 2.84. The average molecular weight is 262 g/mol. The molecule has 2 heterocycles. The van der Waals surface area contributed by atoms with Gasteiger partial charge < -0.3 is 20.1 Å². The summed E-state index contributed by atoms with van der Waals surface area (Å²) in [5, 5.41) is 10.1. The molecular formula is C12H18N6O. The Morgan fingerprint density at radius 2 is 1.95 bits per heavy atom. The van der Waals surface area contributed by atoms with Crippen molar-refractivity contribution in [1.29, 1.82) is 0 Å². The van der Waals surface area contributed by atoms with Gasteiger partial charge in [0.2, 0.25) is 0 Å². The molecule has 7 heteroatoms. The third kappa shape index (κ3) is 4.22. The van der Waals surface area contributed by atoms with E-state index in [2.05, 4.69) is 30.7 Å². The fourth-order valence-electron chi connectivity index (χ4n) is 1.49. The van der Waals surface area contributed by atoms with Gasteiger partial charge in [0.15, 0.2) is 5.82 Å². The highest BCUT2D eigenvalue weighted by molar-refractivity contribution is 5.55. The van der Waals surface area contributed by atoms with Crippen LogP contribution in [0.3, 0.4) is 0 Å². The molecule has 0 spiro atoms. The van der Waals surface area contributed by atoms with E-state index in [1.165, 1.54) is 6.33 Å². The van der Waals surface area contributed by atoms with Crippen molar-refractivity contribution in [2.45, 2.75) is 6.92 Å². The summed E-state index contributed by atoms with van der Waals surface area (Å²) in [6.07, 6.45) is 1.51. The predicted octanol–water partition coefficient (Wildman–Crippen LogP) is 1.49. The summed E-state index contributed by atoms with van der Waals surface area (Å²) in [5.41, 5.74) is 0. The number of nitrogens with one attached hydrogen (secondary N) is 2. The second-order valence-electron chi connectivity index (χ2n) is 4.47. The molecular weight excluding hydrogens is 244 g/mol. The molecule has 7 nitrogen and oxygen atoms in total. The van der Waals surface area contributed by atoms with Crippen LogP contribution in [0.15, 0.2) is 23.0 Å². The van der Waals surface area contributed by atoms with Crippen molar-refractivity contribution in [3.8, 4) is 0 Å². The van der Waals surface area contributed by atoms with Crippen molar-refractivity contribution in [2.75, 3.05) is 37.8 Å². The van der Waals surface area contributed by atoms with Gasteiger partial charge in [-0.25, -0.2) is 9.97 Å². The molecule has 0 amide bonds. The Morgan fingerprint density at radius 3 is 2.63 bits per heavy atom. The maximum atomic E-state index is 4.98. The van der Waals surface area contributed by atoms with Gasteiger partial charge in [-0.15, -0.1) is 0 Å². The monoisotopic (exact) mass is 262 g/mol. The van der Waals surface area contributed by atoms with Crippen LogP contribution in [0, 0.1) is 6.92 Å². The number of anilines is 3. The summed E-state index contributed by atoms with van der Waals surface area (Å²) in [6.45, 7) is 3.61. The van der Waals surface area contributed by atoms with E-state index in [1.54, 1.807) is 6.07 Å². The topological polar surface area (TPSA) is 79.1 Å². The van der Waals surface area contributed by atoms with E-state index < -0.39 is 0 Å². The Kier molecular flexibility index (Phi) is 4.30. The summed E-state index contributed by atoms with van der Waals surface area (Å²) in [4.78, 5) is 10.4. The third-order valence-electron chi connectivity index (χ3n) is 2.42. The van der Waals surface area contributed by atoms with E-state index in [-0.39, 0.29) is 0 Å². The van der Waals surface area contributed by atoms with Gasteiger partial charge in [-0.05, 0) is 21.0 Å². The molecule has 0 unspecified atom stereocenters. The van der Waals surface area contributed by atoms with Crippen molar-refractivity contribution in [3.05, 3.63) is 24.2 Å². The number of hydrogen-bond donors (Lipinski definition) is 2. The van der Waals surface area contributed by atoms with Gasteiger partial charge in [0.1, 0.15) is 23.7 Å². The third-order valence-corrected chi connectivity index (χ3v) is 2.42. The van der Waals surface area contributed by atoms with E-state index in [0.29, 0.717) is 11.6 Å². The number of hydrogen-bond acceptors (Lipinski definition) is 7. The van der Waals surface area contributed by atoms with Gasteiger partial charge in [0, 0.05) is 25.2 Å². The van der Waals surface area contributed by atoms with Crippen LogP contribution in [0.5, 0.6) is 0 Å². The average Bonchev–Trinajstić information content (AvgIpc) is 2.75. The molecule has 0 atom stereocenters. The van der Waals surface area contributed by atoms with Gasteiger partial charge in [-0.2, -0.15) is 0 Å². The zero-order valence-corrected chi connectivity index (χ0v) is 11.3. The van der Waals surface area contributed by atoms with Crippen molar-refractivity contribution in [3.63, 3.8) is 0 Å². The smallest absolute Gasteiger partial charge is 0.175 e. The molecule has 0 saturated heterocycles. The Balaban J connectivity index is 1.95. The van der Waals surface area contributed by atoms with Crippen molar-refractivity contribution in [1.82, 2.24) is 20.0 Å². The first-order valence-corrected chi connectivity index (χ1v) is 6.04. The normalized spacial score (nSPS) is 10.7. The zero-order valence-electron chi connectivity index (χ0n) is 11.3. The summed E-state index contributed by atoms with van der Waals surface area (Å²) >= 11 is 0. The van der Waals surface area contributed by atoms with Crippen LogP contribution < -0.4 is 10.6 Å². The highest BCUT2D eigenvalue weighted by atomic mass is 16.5. The molecule has 2 aromatic rings. The molecule has 2 aromatic heterocycles. The van der Waals surface area contributed by atoms with Crippen molar-refractivity contribution < 1.29 is 4.52 Å². The van der Waals surface area contributed by atoms with Crippen LogP contribution in [0.2, 0.25) is 0 Å². The Hall–Kier alpha value is -2.15. The number of aryl methyl sites for hydroxylation is 1. The highest BCUT2D eigenvalue weighted by Gasteiger charge is 2.03. The highest BCUT2D eigenvalue weighted by Crippen LogP contribution is 2.15. The molecule has 0 aromatic carbocycles. The first-order chi connectivity index (χ1) is 9.13. The summed E-state index contributed by atoms with van der Waals surface area (Å²) in [6, 6.07) is 3.64. The molecule has 2 rings (SSSR count). The molecule has 0 aliphatic heterocycles. The van der Waals surface area contributed by atoms with Crippen LogP contribution in [0.4, 0.5) is 17.5 Å². The molecule has 0 bridgehead atoms. The van der Waals surface area contributed by atoms with Crippen molar-refractivity contribution >= 4 is 17.5 Å². The second-order valence-corrected chi connectivity index (χ2v) is 4.47. The molecule has 0 aliphatic rings. The number of rotatable bonds is 6. The van der Waals surface area contributed by atoms with Gasteiger partial charge >= 0.3 is 0 Å². The number of aromatic nitrogens is 3.